The summed E-state index contributed by atoms with van der Waals surface area (Å²) in [5, 5.41) is 3.44. The van der Waals surface area contributed by atoms with Gasteiger partial charge in [0.15, 0.2) is 0 Å². The Hall–Kier alpha value is -1.14. The normalized spacial score (nSPS) is 16.3. The maximum Gasteiger partial charge on any atom is 0.231 e. The lowest BCUT2D eigenvalue weighted by Crippen LogP contribution is -2.37. The first-order valence-corrected chi connectivity index (χ1v) is 7.30. The maximum atomic E-state index is 5.98. The monoisotopic (exact) mass is 299 g/mol. The lowest BCUT2D eigenvalue weighted by atomic mass is 9.92. The Kier molecular flexibility index (Phi) is 4.99. The van der Waals surface area contributed by atoms with Crippen molar-refractivity contribution in [3.63, 3.8) is 0 Å². The first-order chi connectivity index (χ1) is 9.44. The standard InChI is InChI=1S/C13H22ClN5O/c1-13(2,3)4-5-15-11-16-10(14)17-12(18-11)19-6-8-20-9-7-19/h4-9H2,1-3H3,(H,15,16,17,18). The summed E-state index contributed by atoms with van der Waals surface area (Å²) in [5.74, 6) is 1.15. The third kappa shape index (κ3) is 4.76. The number of rotatable bonds is 4. The number of aromatic nitrogens is 3. The Morgan fingerprint density at radius 1 is 1.20 bits per heavy atom. The third-order valence-electron chi connectivity index (χ3n) is 3.05. The lowest BCUT2D eigenvalue weighted by Gasteiger charge is -2.26. The molecule has 2 rings (SSSR count). The molecule has 0 radical (unpaired) electrons. The molecule has 1 aromatic heterocycles. The highest BCUT2D eigenvalue weighted by Crippen LogP contribution is 2.19. The summed E-state index contributed by atoms with van der Waals surface area (Å²) in [4.78, 5) is 14.8. The van der Waals surface area contributed by atoms with E-state index in [-0.39, 0.29) is 10.7 Å². The van der Waals surface area contributed by atoms with Gasteiger partial charge in [0.2, 0.25) is 17.2 Å². The van der Waals surface area contributed by atoms with Crippen molar-refractivity contribution in [2.45, 2.75) is 27.2 Å². The minimum absolute atomic E-state index is 0.222. The van der Waals surface area contributed by atoms with Gasteiger partial charge >= 0.3 is 0 Å². The molecule has 0 amide bonds. The molecule has 0 aliphatic carbocycles. The van der Waals surface area contributed by atoms with E-state index in [9.17, 15) is 0 Å². The Bertz CT molecular complexity index is 443. The molecule has 20 heavy (non-hydrogen) atoms. The van der Waals surface area contributed by atoms with E-state index in [1.807, 2.05) is 0 Å². The van der Waals surface area contributed by atoms with Gasteiger partial charge in [-0.05, 0) is 23.4 Å². The summed E-state index contributed by atoms with van der Waals surface area (Å²) in [6.07, 6.45) is 1.03. The fourth-order valence-electron chi connectivity index (χ4n) is 1.87. The van der Waals surface area contributed by atoms with Gasteiger partial charge in [0, 0.05) is 19.6 Å². The van der Waals surface area contributed by atoms with Crippen molar-refractivity contribution in [3.05, 3.63) is 5.28 Å². The van der Waals surface area contributed by atoms with Crippen molar-refractivity contribution < 1.29 is 4.74 Å². The average molecular weight is 300 g/mol. The van der Waals surface area contributed by atoms with E-state index in [0.29, 0.717) is 25.1 Å². The molecular formula is C13H22ClN5O. The van der Waals surface area contributed by atoms with Crippen LogP contribution in [0.25, 0.3) is 0 Å². The minimum atomic E-state index is 0.222. The van der Waals surface area contributed by atoms with Gasteiger partial charge in [0.25, 0.3) is 0 Å². The highest BCUT2D eigenvalue weighted by molar-refractivity contribution is 6.28. The van der Waals surface area contributed by atoms with Gasteiger partial charge < -0.3 is 15.0 Å². The van der Waals surface area contributed by atoms with E-state index < -0.39 is 0 Å². The highest BCUT2D eigenvalue weighted by Gasteiger charge is 2.16. The van der Waals surface area contributed by atoms with Gasteiger partial charge in [-0.15, -0.1) is 0 Å². The van der Waals surface area contributed by atoms with Crippen LogP contribution in [-0.2, 0) is 4.74 Å². The van der Waals surface area contributed by atoms with Crippen LogP contribution in [0.15, 0.2) is 0 Å². The maximum absolute atomic E-state index is 5.98. The molecule has 112 valence electrons. The van der Waals surface area contributed by atoms with Gasteiger partial charge in [0.1, 0.15) is 0 Å². The second-order valence-corrected chi connectivity index (χ2v) is 6.40. The summed E-state index contributed by atoms with van der Waals surface area (Å²) in [7, 11) is 0. The second kappa shape index (κ2) is 6.54. The Morgan fingerprint density at radius 3 is 2.55 bits per heavy atom. The summed E-state index contributed by atoms with van der Waals surface area (Å²) in [6.45, 7) is 10.4. The van der Waals surface area contributed by atoms with Gasteiger partial charge in [-0.2, -0.15) is 15.0 Å². The molecule has 1 aromatic rings. The number of anilines is 2. The summed E-state index contributed by atoms with van der Waals surface area (Å²) in [5.41, 5.74) is 0.275. The molecule has 0 spiro atoms. The lowest BCUT2D eigenvalue weighted by molar-refractivity contribution is 0.122. The van der Waals surface area contributed by atoms with Crippen molar-refractivity contribution >= 4 is 23.5 Å². The van der Waals surface area contributed by atoms with Crippen molar-refractivity contribution in [2.24, 2.45) is 5.41 Å². The molecular weight excluding hydrogens is 278 g/mol. The number of hydrogen-bond acceptors (Lipinski definition) is 6. The highest BCUT2D eigenvalue weighted by atomic mass is 35.5. The molecule has 1 aliphatic heterocycles. The molecule has 0 unspecified atom stereocenters. The Labute approximate surface area is 124 Å². The van der Waals surface area contributed by atoms with Gasteiger partial charge in [0.05, 0.1) is 13.2 Å². The van der Waals surface area contributed by atoms with E-state index >= 15 is 0 Å². The van der Waals surface area contributed by atoms with E-state index in [4.69, 9.17) is 16.3 Å². The quantitative estimate of drug-likeness (QED) is 0.920. The first kappa shape index (κ1) is 15.3. The molecule has 1 N–H and O–H groups in total. The average Bonchev–Trinajstić information content (AvgIpc) is 2.37. The van der Waals surface area contributed by atoms with E-state index in [2.05, 4.69) is 45.9 Å². The van der Waals surface area contributed by atoms with Crippen molar-refractivity contribution in [1.29, 1.82) is 0 Å². The van der Waals surface area contributed by atoms with Crippen LogP contribution in [0.3, 0.4) is 0 Å². The molecule has 0 aromatic carbocycles. The molecule has 1 fully saturated rings. The van der Waals surface area contributed by atoms with Crippen molar-refractivity contribution in [1.82, 2.24) is 15.0 Å². The molecule has 2 heterocycles. The summed E-state index contributed by atoms with van der Waals surface area (Å²) >= 11 is 5.98. The number of nitrogens with zero attached hydrogens (tertiary/aromatic N) is 4. The summed E-state index contributed by atoms with van der Waals surface area (Å²) < 4.78 is 5.32. The fraction of sp³-hybridized carbons (Fsp3) is 0.769. The van der Waals surface area contributed by atoms with Crippen LogP contribution < -0.4 is 10.2 Å². The number of halogens is 1. The number of morpholine rings is 1. The summed E-state index contributed by atoms with van der Waals surface area (Å²) in [6, 6.07) is 0. The van der Waals surface area contributed by atoms with E-state index in [0.717, 1.165) is 26.1 Å². The Balaban J connectivity index is 2.00. The van der Waals surface area contributed by atoms with E-state index in [1.165, 1.54) is 0 Å². The minimum Gasteiger partial charge on any atom is -0.378 e. The zero-order valence-corrected chi connectivity index (χ0v) is 13.1. The van der Waals surface area contributed by atoms with Crippen molar-refractivity contribution in [3.8, 4) is 0 Å². The van der Waals surface area contributed by atoms with Crippen LogP contribution >= 0.6 is 11.6 Å². The SMILES string of the molecule is CC(C)(C)CCNc1nc(Cl)nc(N2CCOCC2)n1. The zero-order chi connectivity index (χ0) is 14.6. The third-order valence-corrected chi connectivity index (χ3v) is 3.22. The molecule has 6 nitrogen and oxygen atoms in total. The number of nitrogens with one attached hydrogen (secondary N) is 1. The predicted molar refractivity (Wildman–Crippen MR) is 80.4 cm³/mol. The van der Waals surface area contributed by atoms with Crippen LogP contribution in [0, 0.1) is 5.41 Å². The van der Waals surface area contributed by atoms with Gasteiger partial charge in [-0.1, -0.05) is 20.8 Å². The molecule has 1 aliphatic rings. The number of ether oxygens (including phenoxy) is 1. The number of hydrogen-bond donors (Lipinski definition) is 1. The molecule has 0 bridgehead atoms. The largest absolute Gasteiger partial charge is 0.378 e. The molecule has 0 saturated carbocycles. The molecule has 1 saturated heterocycles. The zero-order valence-electron chi connectivity index (χ0n) is 12.3. The van der Waals surface area contributed by atoms with Crippen LogP contribution in [0.1, 0.15) is 27.2 Å². The van der Waals surface area contributed by atoms with Gasteiger partial charge in [-0.3, -0.25) is 0 Å². The molecule has 7 heteroatoms. The predicted octanol–water partition coefficient (Wildman–Crippen LogP) is 2.21. The van der Waals surface area contributed by atoms with Crippen LogP contribution in [0.2, 0.25) is 5.28 Å². The first-order valence-electron chi connectivity index (χ1n) is 6.92. The van der Waals surface area contributed by atoms with Crippen LogP contribution in [-0.4, -0.2) is 47.8 Å². The Morgan fingerprint density at radius 2 is 1.90 bits per heavy atom. The van der Waals surface area contributed by atoms with Crippen molar-refractivity contribution in [2.75, 3.05) is 43.1 Å². The fourth-order valence-corrected chi connectivity index (χ4v) is 2.03. The second-order valence-electron chi connectivity index (χ2n) is 6.06. The van der Waals surface area contributed by atoms with Crippen LogP contribution in [0.5, 0.6) is 0 Å². The smallest absolute Gasteiger partial charge is 0.231 e. The van der Waals surface area contributed by atoms with E-state index in [1.54, 1.807) is 0 Å². The molecule has 0 atom stereocenters. The van der Waals surface area contributed by atoms with Crippen LogP contribution in [0.4, 0.5) is 11.9 Å². The topological polar surface area (TPSA) is 63.2 Å². The van der Waals surface area contributed by atoms with Gasteiger partial charge in [-0.25, -0.2) is 0 Å².